The van der Waals surface area contributed by atoms with Crippen LogP contribution in [0.15, 0.2) is 148 Å². The van der Waals surface area contributed by atoms with Crippen LogP contribution in [0.2, 0.25) is 0 Å². The molecule has 2 aromatic heterocycles. The summed E-state index contributed by atoms with van der Waals surface area (Å²) >= 11 is 0. The maximum absolute atomic E-state index is 6.79. The average Bonchev–Trinajstić information content (AvgIpc) is 3.79. The SMILES string of the molecule is C1=CCC(C2N=C(n3c4ccc5c6cc7ccccc7cc6oc5c4c4ccc5ccccc5c43)N=C3Oc4ccccc4C32)C=C1. The number of fused-ring (bicyclic) bond motifs is 13. The molecule has 2 aliphatic heterocycles. The molecule has 5 heteroatoms. The highest BCUT2D eigenvalue weighted by Gasteiger charge is 2.43. The number of rotatable bonds is 1. The van der Waals surface area contributed by atoms with Gasteiger partial charge >= 0.3 is 0 Å². The molecule has 0 spiro atoms. The van der Waals surface area contributed by atoms with E-state index in [0.717, 1.165) is 72.8 Å². The Morgan fingerprint density at radius 3 is 2.40 bits per heavy atom. The Balaban J connectivity index is 1.24. The Kier molecular flexibility index (Phi) is 5.00. The van der Waals surface area contributed by atoms with Crippen molar-refractivity contribution in [2.45, 2.75) is 18.4 Å². The van der Waals surface area contributed by atoms with Gasteiger partial charge in [0, 0.05) is 33.0 Å². The number of aliphatic imine (C=N–C) groups is 2. The number of furan rings is 1. The maximum atomic E-state index is 6.79. The largest absolute Gasteiger partial charge is 0.455 e. The molecule has 0 radical (unpaired) electrons. The Morgan fingerprint density at radius 2 is 1.51 bits per heavy atom. The van der Waals surface area contributed by atoms with Crippen molar-refractivity contribution in [2.75, 3.05) is 0 Å². The molecule has 3 atom stereocenters. The van der Waals surface area contributed by atoms with E-state index in [1.54, 1.807) is 0 Å². The van der Waals surface area contributed by atoms with Crippen molar-refractivity contribution < 1.29 is 9.15 Å². The summed E-state index contributed by atoms with van der Waals surface area (Å²) in [5, 5.41) is 9.10. The first kappa shape index (κ1) is 25.3. The smallest absolute Gasteiger partial charge is 0.233 e. The number of ether oxygens (including phenoxy) is 1. The second-order valence-electron chi connectivity index (χ2n) is 12.9. The van der Waals surface area contributed by atoms with E-state index in [1.165, 1.54) is 16.2 Å². The van der Waals surface area contributed by atoms with Crippen molar-refractivity contribution in [1.29, 1.82) is 0 Å². The Labute approximate surface area is 269 Å². The quantitative estimate of drug-likeness (QED) is 0.187. The summed E-state index contributed by atoms with van der Waals surface area (Å²) in [4.78, 5) is 10.8. The number of hydrogen-bond donors (Lipinski definition) is 0. The Morgan fingerprint density at radius 1 is 0.702 bits per heavy atom. The van der Waals surface area contributed by atoms with Crippen molar-refractivity contribution in [3.8, 4) is 5.75 Å². The molecule has 47 heavy (non-hydrogen) atoms. The minimum atomic E-state index is -0.0628. The third kappa shape index (κ3) is 3.48. The van der Waals surface area contributed by atoms with Crippen LogP contribution in [0.3, 0.4) is 0 Å². The second kappa shape index (κ2) is 9.30. The third-order valence-electron chi connectivity index (χ3n) is 10.3. The lowest BCUT2D eigenvalue weighted by Gasteiger charge is -2.30. The summed E-state index contributed by atoms with van der Waals surface area (Å²) in [6, 6.07) is 38.5. The van der Waals surface area contributed by atoms with Gasteiger partial charge in [-0.2, -0.15) is 4.99 Å². The van der Waals surface area contributed by atoms with Gasteiger partial charge in [0.1, 0.15) is 16.9 Å². The molecule has 0 saturated heterocycles. The molecule has 0 saturated carbocycles. The van der Waals surface area contributed by atoms with E-state index in [1.807, 2.05) is 12.1 Å². The lowest BCUT2D eigenvalue weighted by molar-refractivity contribution is 0.458. The van der Waals surface area contributed by atoms with E-state index in [0.29, 0.717) is 5.96 Å². The molecular formula is C42H27N3O2. The number of hydrogen-bond acceptors (Lipinski definition) is 4. The van der Waals surface area contributed by atoms with Gasteiger partial charge in [-0.1, -0.05) is 103 Å². The monoisotopic (exact) mass is 605 g/mol. The van der Waals surface area contributed by atoms with Crippen LogP contribution in [-0.4, -0.2) is 22.5 Å². The summed E-state index contributed by atoms with van der Waals surface area (Å²) in [5.41, 5.74) is 5.02. The van der Waals surface area contributed by atoms with Gasteiger partial charge in [-0.05, 0) is 52.9 Å². The molecular weight excluding hydrogens is 578 g/mol. The van der Waals surface area contributed by atoms with Gasteiger partial charge in [0.15, 0.2) is 0 Å². The lowest BCUT2D eigenvalue weighted by Crippen LogP contribution is -2.36. The Hall–Kier alpha value is -5.94. The maximum Gasteiger partial charge on any atom is 0.233 e. The fraction of sp³-hybridized carbons (Fsp3) is 0.0952. The van der Waals surface area contributed by atoms with Crippen molar-refractivity contribution in [3.05, 3.63) is 139 Å². The fourth-order valence-electron chi connectivity index (χ4n) is 8.19. The van der Waals surface area contributed by atoms with Gasteiger partial charge in [0.2, 0.25) is 11.9 Å². The van der Waals surface area contributed by atoms with E-state index in [2.05, 4.69) is 126 Å². The number of nitrogens with zero attached hydrogens (tertiary/aromatic N) is 3. The zero-order chi connectivity index (χ0) is 30.6. The lowest BCUT2D eigenvalue weighted by atomic mass is 9.81. The minimum absolute atomic E-state index is 0.0304. The normalized spacial score (nSPS) is 20.3. The molecule has 1 aliphatic carbocycles. The zero-order valence-electron chi connectivity index (χ0n) is 25.3. The first-order valence-electron chi connectivity index (χ1n) is 16.3. The number of aromatic nitrogens is 1. The number of benzene rings is 6. The average molecular weight is 606 g/mol. The zero-order valence-corrected chi connectivity index (χ0v) is 25.3. The van der Waals surface area contributed by atoms with E-state index in [9.17, 15) is 0 Å². The first-order valence-corrected chi connectivity index (χ1v) is 16.3. The van der Waals surface area contributed by atoms with Crippen LogP contribution in [0.4, 0.5) is 0 Å². The summed E-state index contributed by atoms with van der Waals surface area (Å²) in [7, 11) is 0. The van der Waals surface area contributed by atoms with E-state index in [-0.39, 0.29) is 17.9 Å². The van der Waals surface area contributed by atoms with E-state index < -0.39 is 0 Å². The second-order valence-corrected chi connectivity index (χ2v) is 12.9. The summed E-state index contributed by atoms with van der Waals surface area (Å²) in [5.74, 6) is 2.43. The van der Waals surface area contributed by atoms with Gasteiger partial charge in [0.05, 0.1) is 28.4 Å². The van der Waals surface area contributed by atoms with Crippen molar-refractivity contribution in [3.63, 3.8) is 0 Å². The highest BCUT2D eigenvalue weighted by molar-refractivity contribution is 6.30. The third-order valence-corrected chi connectivity index (χ3v) is 10.3. The van der Waals surface area contributed by atoms with Gasteiger partial charge in [-0.3, -0.25) is 4.57 Å². The molecule has 222 valence electrons. The molecule has 0 bridgehead atoms. The number of para-hydroxylation sites is 1. The topological polar surface area (TPSA) is 52.0 Å². The predicted octanol–water partition coefficient (Wildman–Crippen LogP) is 10.3. The highest BCUT2D eigenvalue weighted by atomic mass is 16.5. The molecule has 3 aliphatic rings. The van der Waals surface area contributed by atoms with Crippen LogP contribution >= 0.6 is 0 Å². The van der Waals surface area contributed by atoms with Crippen LogP contribution in [0, 0.1) is 5.92 Å². The summed E-state index contributed by atoms with van der Waals surface area (Å²) in [6.07, 6.45) is 9.72. The fourth-order valence-corrected chi connectivity index (χ4v) is 8.19. The molecule has 0 N–H and O–H groups in total. The minimum Gasteiger partial charge on any atom is -0.455 e. The van der Waals surface area contributed by atoms with E-state index in [4.69, 9.17) is 19.1 Å². The molecule has 3 unspecified atom stereocenters. The van der Waals surface area contributed by atoms with Crippen molar-refractivity contribution >= 4 is 77.1 Å². The molecule has 0 fully saturated rings. The first-order chi connectivity index (χ1) is 23.3. The van der Waals surface area contributed by atoms with Gasteiger partial charge in [-0.15, -0.1) is 0 Å². The van der Waals surface area contributed by atoms with Crippen molar-refractivity contribution in [1.82, 2.24) is 4.57 Å². The molecule has 4 heterocycles. The molecule has 0 amide bonds. The van der Waals surface area contributed by atoms with Crippen LogP contribution < -0.4 is 4.74 Å². The summed E-state index contributed by atoms with van der Waals surface area (Å²) in [6.45, 7) is 0. The molecule has 8 aromatic rings. The highest BCUT2D eigenvalue weighted by Crippen LogP contribution is 2.46. The van der Waals surface area contributed by atoms with Gasteiger partial charge in [0.25, 0.3) is 0 Å². The molecule has 11 rings (SSSR count). The standard InChI is InChI=1S/C42H27N3O2/c1-2-11-25(12-3-1)38-37-30-16-8-9-17-34(30)47-41(37)44-42(43-38)45-33-21-20-29-32-22-26-13-4-5-14-27(26)23-35(32)46-40(29)36(33)31-19-18-24-10-6-7-15-28(24)39(31)45/h1-11,13-23,25,37-38H,12H2. The van der Waals surface area contributed by atoms with Crippen LogP contribution in [-0.2, 0) is 0 Å². The van der Waals surface area contributed by atoms with Crippen LogP contribution in [0.25, 0.3) is 65.3 Å². The van der Waals surface area contributed by atoms with Crippen LogP contribution in [0.1, 0.15) is 17.9 Å². The Bertz CT molecular complexity index is 2770. The molecule has 5 nitrogen and oxygen atoms in total. The van der Waals surface area contributed by atoms with Gasteiger partial charge < -0.3 is 9.15 Å². The van der Waals surface area contributed by atoms with E-state index >= 15 is 0 Å². The van der Waals surface area contributed by atoms with Crippen LogP contribution in [0.5, 0.6) is 5.75 Å². The predicted molar refractivity (Wildman–Crippen MR) is 192 cm³/mol. The number of allylic oxidation sites excluding steroid dienone is 3. The van der Waals surface area contributed by atoms with Gasteiger partial charge in [-0.25, -0.2) is 4.99 Å². The van der Waals surface area contributed by atoms with Crippen molar-refractivity contribution in [2.24, 2.45) is 15.9 Å². The molecule has 6 aromatic carbocycles. The summed E-state index contributed by atoms with van der Waals surface area (Å²) < 4.78 is 15.6.